The lowest BCUT2D eigenvalue weighted by Gasteiger charge is -2.31. The number of aromatic nitrogens is 4. The highest BCUT2D eigenvalue weighted by molar-refractivity contribution is 5.78. The molecule has 4 rings (SSSR count). The molecule has 0 radical (unpaired) electrons. The number of H-pyrrole nitrogens is 1. The molecule has 0 unspecified atom stereocenters. The summed E-state index contributed by atoms with van der Waals surface area (Å²) in [6.45, 7) is 7.53. The van der Waals surface area contributed by atoms with Gasteiger partial charge in [-0.25, -0.2) is 14.2 Å². The summed E-state index contributed by atoms with van der Waals surface area (Å²) in [4.78, 5) is 47.1. The van der Waals surface area contributed by atoms with Crippen molar-refractivity contribution in [2.75, 3.05) is 19.6 Å². The number of imidazole rings is 1. The van der Waals surface area contributed by atoms with Gasteiger partial charge in [-0.15, -0.1) is 0 Å². The number of carbonyl (C=O) groups excluding carboxylic acids is 1. The molecule has 1 fully saturated rings. The molecular weight excluding hydrogens is 463 g/mol. The molecular formula is C26H35FN6O3. The van der Waals surface area contributed by atoms with Crippen LogP contribution >= 0.6 is 0 Å². The first kappa shape index (κ1) is 25.8. The van der Waals surface area contributed by atoms with Crippen molar-refractivity contribution in [3.63, 3.8) is 0 Å². The van der Waals surface area contributed by atoms with Crippen molar-refractivity contribution in [2.45, 2.75) is 65.6 Å². The van der Waals surface area contributed by atoms with Gasteiger partial charge in [0.15, 0.2) is 11.2 Å². The molecule has 1 aromatic carbocycles. The van der Waals surface area contributed by atoms with Crippen LogP contribution in [0, 0.1) is 11.7 Å². The van der Waals surface area contributed by atoms with Gasteiger partial charge in [0.05, 0.1) is 6.54 Å². The van der Waals surface area contributed by atoms with Crippen LogP contribution in [-0.4, -0.2) is 49.5 Å². The van der Waals surface area contributed by atoms with Crippen molar-refractivity contribution in [1.82, 2.24) is 29.3 Å². The molecule has 36 heavy (non-hydrogen) atoms. The number of carbonyl (C=O) groups is 1. The molecule has 9 nitrogen and oxygen atoms in total. The molecule has 1 aliphatic rings. The number of piperidine rings is 1. The summed E-state index contributed by atoms with van der Waals surface area (Å²) in [5, 5.41) is 2.95. The van der Waals surface area contributed by atoms with Gasteiger partial charge in [-0.3, -0.25) is 24.0 Å². The van der Waals surface area contributed by atoms with E-state index in [0.29, 0.717) is 49.3 Å². The van der Waals surface area contributed by atoms with Gasteiger partial charge in [0, 0.05) is 25.6 Å². The van der Waals surface area contributed by atoms with E-state index >= 15 is 0 Å². The maximum Gasteiger partial charge on any atom is 0.330 e. The van der Waals surface area contributed by atoms with E-state index in [9.17, 15) is 18.8 Å². The third-order valence-electron chi connectivity index (χ3n) is 6.99. The topological polar surface area (TPSA) is 105 Å². The molecule has 2 N–H and O–H groups in total. The van der Waals surface area contributed by atoms with E-state index in [-0.39, 0.29) is 17.6 Å². The summed E-state index contributed by atoms with van der Waals surface area (Å²) in [6.07, 6.45) is 3.66. The molecule has 1 aliphatic heterocycles. The smallest absolute Gasteiger partial charge is 0.330 e. The van der Waals surface area contributed by atoms with Crippen LogP contribution in [0.25, 0.3) is 11.2 Å². The van der Waals surface area contributed by atoms with Crippen molar-refractivity contribution in [2.24, 2.45) is 5.92 Å². The molecule has 0 atom stereocenters. The van der Waals surface area contributed by atoms with Gasteiger partial charge in [0.25, 0.3) is 5.56 Å². The number of unbranched alkanes of at least 4 members (excludes halogenated alkanes) is 1. The first-order valence-corrected chi connectivity index (χ1v) is 12.9. The fourth-order valence-corrected chi connectivity index (χ4v) is 4.92. The number of amides is 1. The maximum atomic E-state index is 13.8. The van der Waals surface area contributed by atoms with Crippen LogP contribution in [0.3, 0.4) is 0 Å². The fourth-order valence-electron chi connectivity index (χ4n) is 4.92. The van der Waals surface area contributed by atoms with Gasteiger partial charge in [0.1, 0.15) is 11.6 Å². The van der Waals surface area contributed by atoms with E-state index in [0.717, 1.165) is 44.6 Å². The second-order valence-corrected chi connectivity index (χ2v) is 9.39. The van der Waals surface area contributed by atoms with Crippen LogP contribution in [0.5, 0.6) is 0 Å². The highest BCUT2D eigenvalue weighted by Crippen LogP contribution is 2.21. The Bertz CT molecular complexity index is 1320. The average Bonchev–Trinajstić information content (AvgIpc) is 3.23. The Hall–Kier alpha value is -3.27. The van der Waals surface area contributed by atoms with Crippen LogP contribution in [0.4, 0.5) is 4.39 Å². The van der Waals surface area contributed by atoms with E-state index in [1.165, 1.54) is 6.07 Å². The Morgan fingerprint density at radius 2 is 1.92 bits per heavy atom. The zero-order valence-corrected chi connectivity index (χ0v) is 21.1. The second-order valence-electron chi connectivity index (χ2n) is 9.39. The van der Waals surface area contributed by atoms with Crippen molar-refractivity contribution in [3.8, 4) is 0 Å². The minimum atomic E-state index is -0.421. The van der Waals surface area contributed by atoms with Gasteiger partial charge in [-0.1, -0.05) is 31.5 Å². The third kappa shape index (κ3) is 5.59. The van der Waals surface area contributed by atoms with Crippen LogP contribution < -0.4 is 16.6 Å². The van der Waals surface area contributed by atoms with Gasteiger partial charge < -0.3 is 9.88 Å². The summed E-state index contributed by atoms with van der Waals surface area (Å²) in [5.74, 6) is 0.441. The van der Waals surface area contributed by atoms with Crippen molar-refractivity contribution in [3.05, 3.63) is 62.3 Å². The first-order chi connectivity index (χ1) is 17.4. The van der Waals surface area contributed by atoms with Gasteiger partial charge in [-0.2, -0.15) is 0 Å². The summed E-state index contributed by atoms with van der Waals surface area (Å²) >= 11 is 0. The Kier molecular flexibility index (Phi) is 8.35. The number of aromatic amines is 1. The van der Waals surface area contributed by atoms with E-state index in [2.05, 4.69) is 22.1 Å². The van der Waals surface area contributed by atoms with Crippen LogP contribution in [0.2, 0.25) is 0 Å². The molecule has 3 heterocycles. The molecule has 10 heteroatoms. The Labute approximate surface area is 209 Å². The van der Waals surface area contributed by atoms with Crippen molar-refractivity contribution >= 4 is 17.1 Å². The predicted molar refractivity (Wildman–Crippen MR) is 136 cm³/mol. The second kappa shape index (κ2) is 11.6. The normalized spacial score (nSPS) is 15.0. The van der Waals surface area contributed by atoms with Gasteiger partial charge >= 0.3 is 5.69 Å². The van der Waals surface area contributed by atoms with E-state index in [4.69, 9.17) is 4.98 Å². The number of likely N-dealkylation sites (tertiary alicyclic amines) is 1. The largest absolute Gasteiger partial charge is 0.356 e. The van der Waals surface area contributed by atoms with Crippen LogP contribution in [0.1, 0.15) is 50.9 Å². The number of nitrogens with zero attached hydrogens (tertiary/aromatic N) is 4. The monoisotopic (exact) mass is 498 g/mol. The van der Waals surface area contributed by atoms with Gasteiger partial charge in [-0.05, 0) is 57.3 Å². The van der Waals surface area contributed by atoms with Gasteiger partial charge in [0.2, 0.25) is 5.91 Å². The quantitative estimate of drug-likeness (QED) is 0.447. The molecule has 0 spiro atoms. The molecule has 194 valence electrons. The molecule has 0 saturated carbocycles. The highest BCUT2D eigenvalue weighted by Gasteiger charge is 2.26. The lowest BCUT2D eigenvalue weighted by Crippen LogP contribution is -2.41. The Morgan fingerprint density at radius 1 is 1.17 bits per heavy atom. The zero-order valence-electron chi connectivity index (χ0n) is 21.1. The van der Waals surface area contributed by atoms with E-state index in [1.54, 1.807) is 22.8 Å². The maximum absolute atomic E-state index is 13.8. The molecule has 0 bridgehead atoms. The standard InChI is InChI=1S/C26H35FN6O3/c1-3-5-14-33-23-22(25(35)30-26(33)36)32(4-2)21(29-23)17-31-15-11-19(12-16-31)24(34)28-13-10-18-8-6-7-9-20(18)27/h6-9,19H,3-5,10-17H2,1-2H3,(H,28,34)(H,30,35,36). The summed E-state index contributed by atoms with van der Waals surface area (Å²) in [7, 11) is 0. The number of aryl methyl sites for hydroxylation is 2. The van der Waals surface area contributed by atoms with E-state index in [1.807, 2.05) is 11.5 Å². The van der Waals surface area contributed by atoms with E-state index < -0.39 is 11.2 Å². The third-order valence-corrected chi connectivity index (χ3v) is 6.99. The van der Waals surface area contributed by atoms with Crippen LogP contribution in [-0.2, 0) is 30.8 Å². The van der Waals surface area contributed by atoms with Crippen molar-refractivity contribution < 1.29 is 9.18 Å². The molecule has 0 aliphatic carbocycles. The predicted octanol–water partition coefficient (Wildman–Crippen LogP) is 2.42. The average molecular weight is 499 g/mol. The zero-order chi connectivity index (χ0) is 25.7. The lowest BCUT2D eigenvalue weighted by atomic mass is 9.96. The summed E-state index contributed by atoms with van der Waals surface area (Å²) in [6, 6.07) is 6.62. The number of nitrogens with one attached hydrogen (secondary N) is 2. The Balaban J connectivity index is 1.38. The van der Waals surface area contributed by atoms with Crippen molar-refractivity contribution in [1.29, 1.82) is 0 Å². The molecule has 2 aromatic heterocycles. The number of rotatable bonds is 10. The minimum Gasteiger partial charge on any atom is -0.356 e. The SMILES string of the molecule is CCCCn1c(=O)[nH]c(=O)c2c1nc(CN1CCC(C(=O)NCCc3ccccc3F)CC1)n2CC. The summed E-state index contributed by atoms with van der Waals surface area (Å²) < 4.78 is 17.2. The number of halogens is 1. The highest BCUT2D eigenvalue weighted by atomic mass is 19.1. The number of hydrogen-bond donors (Lipinski definition) is 2. The lowest BCUT2D eigenvalue weighted by molar-refractivity contribution is -0.126. The fraction of sp³-hybridized carbons (Fsp3) is 0.538. The number of hydrogen-bond acceptors (Lipinski definition) is 5. The molecule has 3 aromatic rings. The summed E-state index contributed by atoms with van der Waals surface area (Å²) in [5.41, 5.74) is 0.653. The van der Waals surface area contributed by atoms with Crippen LogP contribution in [0.15, 0.2) is 33.9 Å². The minimum absolute atomic E-state index is 0.0123. The molecule has 1 saturated heterocycles. The number of benzene rings is 1. The number of fused-ring (bicyclic) bond motifs is 1. The molecule has 1 amide bonds. The Morgan fingerprint density at radius 3 is 2.61 bits per heavy atom. The first-order valence-electron chi connectivity index (χ1n) is 12.9.